The molecule has 0 atom stereocenters. The predicted octanol–water partition coefficient (Wildman–Crippen LogP) is 2.91. The summed E-state index contributed by atoms with van der Waals surface area (Å²) in [5.41, 5.74) is 7.23. The van der Waals surface area contributed by atoms with Crippen LogP contribution in [0.25, 0.3) is 11.3 Å². The lowest BCUT2D eigenvalue weighted by molar-refractivity contribution is -0.384. The Morgan fingerprint density at radius 3 is 2.39 bits per heavy atom. The van der Waals surface area contributed by atoms with Crippen molar-refractivity contribution in [3.63, 3.8) is 0 Å². The number of rotatable bonds is 3. The molecular weight excluding hydrogens is 250 g/mol. The molecule has 0 unspecified atom stereocenters. The first kappa shape index (κ1) is 12.7. The standard InChI is InChI=1S/C12H13N3O2S/c1-12(2,13)11-14-10(7-18-11)8-3-5-9(6-4-8)15(16)17/h3-7H,13H2,1-2H3. The molecule has 0 aliphatic heterocycles. The summed E-state index contributed by atoms with van der Waals surface area (Å²) < 4.78 is 0. The monoisotopic (exact) mass is 263 g/mol. The molecule has 0 fully saturated rings. The fraction of sp³-hybridized carbons (Fsp3) is 0.250. The molecule has 0 aliphatic rings. The number of thiazole rings is 1. The van der Waals surface area contributed by atoms with Gasteiger partial charge in [0.1, 0.15) is 5.01 Å². The summed E-state index contributed by atoms with van der Waals surface area (Å²) in [7, 11) is 0. The van der Waals surface area contributed by atoms with Crippen LogP contribution in [0.2, 0.25) is 0 Å². The lowest BCUT2D eigenvalue weighted by atomic mass is 10.1. The Labute approximate surface area is 108 Å². The minimum atomic E-state index is -0.469. The first-order chi connectivity index (χ1) is 8.38. The molecule has 2 aromatic rings. The molecule has 0 saturated carbocycles. The van der Waals surface area contributed by atoms with Gasteiger partial charge in [0, 0.05) is 23.1 Å². The van der Waals surface area contributed by atoms with Crippen molar-refractivity contribution in [1.82, 2.24) is 4.98 Å². The minimum Gasteiger partial charge on any atom is -0.320 e. The molecule has 1 aromatic heterocycles. The van der Waals surface area contributed by atoms with Gasteiger partial charge < -0.3 is 5.73 Å². The van der Waals surface area contributed by atoms with Gasteiger partial charge in [0.2, 0.25) is 0 Å². The average molecular weight is 263 g/mol. The van der Waals surface area contributed by atoms with Crippen LogP contribution in [0.5, 0.6) is 0 Å². The molecule has 0 amide bonds. The number of nitrogens with zero attached hydrogens (tertiary/aromatic N) is 2. The van der Waals surface area contributed by atoms with E-state index in [1.807, 2.05) is 19.2 Å². The van der Waals surface area contributed by atoms with Gasteiger partial charge in [0.25, 0.3) is 5.69 Å². The van der Waals surface area contributed by atoms with Gasteiger partial charge in [-0.1, -0.05) is 0 Å². The number of nitro benzene ring substituents is 1. The molecule has 0 spiro atoms. The van der Waals surface area contributed by atoms with E-state index >= 15 is 0 Å². The molecule has 2 N–H and O–H groups in total. The second-order valence-electron chi connectivity index (χ2n) is 4.56. The Balaban J connectivity index is 2.32. The van der Waals surface area contributed by atoms with Gasteiger partial charge in [0.05, 0.1) is 16.2 Å². The highest BCUT2D eigenvalue weighted by molar-refractivity contribution is 7.10. The molecule has 0 bridgehead atoms. The van der Waals surface area contributed by atoms with Crippen molar-refractivity contribution in [2.75, 3.05) is 0 Å². The van der Waals surface area contributed by atoms with Gasteiger partial charge in [-0.25, -0.2) is 4.98 Å². The minimum absolute atomic E-state index is 0.0772. The maximum Gasteiger partial charge on any atom is 0.269 e. The lowest BCUT2D eigenvalue weighted by Gasteiger charge is -2.13. The van der Waals surface area contributed by atoms with Crippen LogP contribution in [-0.4, -0.2) is 9.91 Å². The van der Waals surface area contributed by atoms with Crippen LogP contribution < -0.4 is 5.73 Å². The number of benzene rings is 1. The molecular formula is C12H13N3O2S. The summed E-state index contributed by atoms with van der Waals surface area (Å²) >= 11 is 1.49. The quantitative estimate of drug-likeness (QED) is 0.681. The second-order valence-corrected chi connectivity index (χ2v) is 5.42. The van der Waals surface area contributed by atoms with E-state index in [0.717, 1.165) is 16.3 Å². The third-order valence-electron chi connectivity index (χ3n) is 2.43. The number of hydrogen-bond acceptors (Lipinski definition) is 5. The van der Waals surface area contributed by atoms with Gasteiger partial charge in [0.15, 0.2) is 0 Å². The summed E-state index contributed by atoms with van der Waals surface area (Å²) in [4.78, 5) is 14.6. The summed E-state index contributed by atoms with van der Waals surface area (Å²) in [6.07, 6.45) is 0. The van der Waals surface area contributed by atoms with Crippen LogP contribution in [0.3, 0.4) is 0 Å². The average Bonchev–Trinajstić information content (AvgIpc) is 2.78. The zero-order valence-corrected chi connectivity index (χ0v) is 10.9. The topological polar surface area (TPSA) is 82.0 Å². The first-order valence-corrected chi connectivity index (χ1v) is 6.25. The molecule has 6 heteroatoms. The summed E-state index contributed by atoms with van der Waals surface area (Å²) in [5, 5.41) is 13.3. The van der Waals surface area contributed by atoms with E-state index in [9.17, 15) is 10.1 Å². The molecule has 94 valence electrons. The van der Waals surface area contributed by atoms with E-state index in [-0.39, 0.29) is 5.69 Å². The van der Waals surface area contributed by atoms with Crippen LogP contribution in [-0.2, 0) is 5.54 Å². The Bertz CT molecular complexity index is 570. The van der Waals surface area contributed by atoms with Crippen LogP contribution in [0.1, 0.15) is 18.9 Å². The largest absolute Gasteiger partial charge is 0.320 e. The van der Waals surface area contributed by atoms with Crippen LogP contribution >= 0.6 is 11.3 Å². The molecule has 0 radical (unpaired) electrons. The number of nitrogens with two attached hydrogens (primary N) is 1. The van der Waals surface area contributed by atoms with Crippen molar-refractivity contribution in [3.05, 3.63) is 44.8 Å². The Morgan fingerprint density at radius 1 is 1.33 bits per heavy atom. The van der Waals surface area contributed by atoms with Gasteiger partial charge in [-0.15, -0.1) is 11.3 Å². The highest BCUT2D eigenvalue weighted by Gasteiger charge is 2.19. The number of aromatic nitrogens is 1. The smallest absolute Gasteiger partial charge is 0.269 e. The van der Waals surface area contributed by atoms with Crippen molar-refractivity contribution in [2.45, 2.75) is 19.4 Å². The highest BCUT2D eigenvalue weighted by atomic mass is 32.1. The Hall–Kier alpha value is -1.79. The molecule has 1 heterocycles. The zero-order chi connectivity index (χ0) is 13.3. The zero-order valence-electron chi connectivity index (χ0n) is 10.1. The molecule has 18 heavy (non-hydrogen) atoms. The van der Waals surface area contributed by atoms with Gasteiger partial charge >= 0.3 is 0 Å². The number of hydrogen-bond donors (Lipinski definition) is 1. The fourth-order valence-electron chi connectivity index (χ4n) is 1.46. The fourth-order valence-corrected chi connectivity index (χ4v) is 2.32. The second kappa shape index (κ2) is 4.47. The SMILES string of the molecule is CC(C)(N)c1nc(-c2ccc([N+](=O)[O-])cc2)cs1. The van der Waals surface area contributed by atoms with E-state index < -0.39 is 10.5 Å². The van der Waals surface area contributed by atoms with Crippen molar-refractivity contribution in [2.24, 2.45) is 5.73 Å². The maximum absolute atomic E-state index is 10.6. The Kier molecular flexibility index (Phi) is 3.14. The van der Waals surface area contributed by atoms with Gasteiger partial charge in [-0.3, -0.25) is 10.1 Å². The van der Waals surface area contributed by atoms with E-state index in [1.54, 1.807) is 12.1 Å². The summed E-state index contributed by atoms with van der Waals surface area (Å²) in [6.45, 7) is 3.79. The van der Waals surface area contributed by atoms with Crippen molar-refractivity contribution in [3.8, 4) is 11.3 Å². The normalized spacial score (nSPS) is 11.5. The molecule has 1 aromatic carbocycles. The first-order valence-electron chi connectivity index (χ1n) is 5.37. The van der Waals surface area contributed by atoms with Crippen molar-refractivity contribution < 1.29 is 4.92 Å². The van der Waals surface area contributed by atoms with Crippen LogP contribution in [0, 0.1) is 10.1 Å². The predicted molar refractivity (Wildman–Crippen MR) is 71.4 cm³/mol. The molecule has 2 rings (SSSR count). The van der Waals surface area contributed by atoms with Gasteiger partial charge in [-0.05, 0) is 26.0 Å². The third-order valence-corrected chi connectivity index (χ3v) is 3.61. The summed E-state index contributed by atoms with van der Waals surface area (Å²) in [6, 6.07) is 6.34. The number of nitro groups is 1. The van der Waals surface area contributed by atoms with Gasteiger partial charge in [-0.2, -0.15) is 0 Å². The van der Waals surface area contributed by atoms with Crippen molar-refractivity contribution >= 4 is 17.0 Å². The van der Waals surface area contributed by atoms with E-state index in [4.69, 9.17) is 5.73 Å². The molecule has 0 aliphatic carbocycles. The van der Waals surface area contributed by atoms with E-state index in [2.05, 4.69) is 4.98 Å². The number of non-ortho nitro benzene ring substituents is 1. The molecule has 5 nitrogen and oxygen atoms in total. The summed E-state index contributed by atoms with van der Waals surface area (Å²) in [5.74, 6) is 0. The maximum atomic E-state index is 10.6. The highest BCUT2D eigenvalue weighted by Crippen LogP contribution is 2.28. The van der Waals surface area contributed by atoms with Crippen LogP contribution in [0.4, 0.5) is 5.69 Å². The Morgan fingerprint density at radius 2 is 1.94 bits per heavy atom. The lowest BCUT2D eigenvalue weighted by Crippen LogP contribution is -2.28. The third kappa shape index (κ3) is 2.55. The van der Waals surface area contributed by atoms with E-state index in [0.29, 0.717) is 0 Å². The van der Waals surface area contributed by atoms with Crippen LogP contribution in [0.15, 0.2) is 29.6 Å². The van der Waals surface area contributed by atoms with Crippen molar-refractivity contribution in [1.29, 1.82) is 0 Å². The van der Waals surface area contributed by atoms with E-state index in [1.165, 1.54) is 23.5 Å². The molecule has 0 saturated heterocycles.